The van der Waals surface area contributed by atoms with E-state index in [2.05, 4.69) is 9.97 Å². The third kappa shape index (κ3) is 2.06. The number of hydrogen-bond donors (Lipinski definition) is 2. The number of rotatable bonds is 2. The first-order valence-corrected chi connectivity index (χ1v) is 4.87. The van der Waals surface area contributed by atoms with Gasteiger partial charge in [0.15, 0.2) is 0 Å². The monoisotopic (exact) mass is 244 g/mol. The van der Waals surface area contributed by atoms with Crippen molar-refractivity contribution in [3.8, 4) is 0 Å². The van der Waals surface area contributed by atoms with Crippen LogP contribution in [-0.4, -0.2) is 21.0 Å². The number of carboxylic acid groups (broad SMARTS) is 1. The molecule has 2 aromatic rings. The molecule has 1 aromatic heterocycles. The summed E-state index contributed by atoms with van der Waals surface area (Å²) in [5.74, 6) is -0.933. The fourth-order valence-electron chi connectivity index (χ4n) is 1.42. The van der Waals surface area contributed by atoms with Gasteiger partial charge in [-0.2, -0.15) is 0 Å². The summed E-state index contributed by atoms with van der Waals surface area (Å²) in [5, 5.41) is 9.39. The minimum atomic E-state index is -0.933. The Hall–Kier alpha value is -1.26. The second-order valence-electron chi connectivity index (χ2n) is 3.06. The lowest BCUT2D eigenvalue weighted by Gasteiger charge is -1.99. The highest BCUT2D eigenvalue weighted by molar-refractivity contribution is 6.32. The Balaban J connectivity index is 2.64. The smallest absolute Gasteiger partial charge is 0.307 e. The van der Waals surface area contributed by atoms with Crippen LogP contribution in [0.1, 0.15) is 5.56 Å². The number of halogens is 2. The van der Waals surface area contributed by atoms with Crippen molar-refractivity contribution in [3.63, 3.8) is 0 Å². The van der Waals surface area contributed by atoms with Gasteiger partial charge in [0, 0.05) is 5.02 Å². The fraction of sp³-hybridized carbons (Fsp3) is 0.111. The first-order valence-electron chi connectivity index (χ1n) is 4.11. The van der Waals surface area contributed by atoms with Crippen molar-refractivity contribution < 1.29 is 9.90 Å². The molecule has 1 heterocycles. The number of carboxylic acids is 1. The van der Waals surface area contributed by atoms with Crippen molar-refractivity contribution in [1.82, 2.24) is 9.97 Å². The summed E-state index contributed by atoms with van der Waals surface area (Å²) in [5.41, 5.74) is 1.74. The molecule has 2 rings (SSSR count). The summed E-state index contributed by atoms with van der Waals surface area (Å²) in [6, 6.07) is 3.23. The highest BCUT2D eigenvalue weighted by Crippen LogP contribution is 2.24. The molecule has 0 aliphatic carbocycles. The quantitative estimate of drug-likeness (QED) is 0.854. The van der Waals surface area contributed by atoms with Crippen molar-refractivity contribution in [2.75, 3.05) is 0 Å². The van der Waals surface area contributed by atoms with Crippen LogP contribution < -0.4 is 0 Å². The molecule has 1 aromatic carbocycles. The van der Waals surface area contributed by atoms with Crippen molar-refractivity contribution in [2.45, 2.75) is 6.42 Å². The van der Waals surface area contributed by atoms with E-state index in [1.165, 1.54) is 0 Å². The number of nitrogens with one attached hydrogen (secondary N) is 1. The van der Waals surface area contributed by atoms with E-state index in [1.54, 1.807) is 12.1 Å². The van der Waals surface area contributed by atoms with E-state index in [1.807, 2.05) is 0 Å². The molecule has 4 nitrogen and oxygen atoms in total. The molecule has 0 saturated carbocycles. The first-order chi connectivity index (χ1) is 7.06. The van der Waals surface area contributed by atoms with Gasteiger partial charge in [0.1, 0.15) is 0 Å². The third-order valence-electron chi connectivity index (χ3n) is 1.94. The van der Waals surface area contributed by atoms with Gasteiger partial charge < -0.3 is 10.1 Å². The van der Waals surface area contributed by atoms with Crippen molar-refractivity contribution in [3.05, 3.63) is 28.0 Å². The number of fused-ring (bicyclic) bond motifs is 1. The number of aromatic amines is 1. The molecule has 0 bridgehead atoms. The average molecular weight is 245 g/mol. The maximum atomic E-state index is 10.6. The normalized spacial score (nSPS) is 10.8. The van der Waals surface area contributed by atoms with Crippen LogP contribution >= 0.6 is 23.2 Å². The Morgan fingerprint density at radius 2 is 2.20 bits per heavy atom. The lowest BCUT2D eigenvalue weighted by Crippen LogP contribution is -2.00. The molecule has 15 heavy (non-hydrogen) atoms. The van der Waals surface area contributed by atoms with Gasteiger partial charge in [0.05, 0.1) is 17.5 Å². The molecule has 0 amide bonds. The maximum Gasteiger partial charge on any atom is 0.307 e. The number of benzene rings is 1. The molecule has 0 saturated heterocycles. The van der Waals surface area contributed by atoms with E-state index in [0.717, 1.165) is 0 Å². The molecule has 0 spiro atoms. The summed E-state index contributed by atoms with van der Waals surface area (Å²) in [4.78, 5) is 17.4. The van der Waals surface area contributed by atoms with Gasteiger partial charge in [-0.15, -0.1) is 0 Å². The van der Waals surface area contributed by atoms with Gasteiger partial charge in [-0.3, -0.25) is 4.79 Å². The zero-order valence-corrected chi connectivity index (χ0v) is 8.93. The van der Waals surface area contributed by atoms with E-state index in [9.17, 15) is 4.79 Å². The number of imidazole rings is 1. The standard InChI is InChI=1S/C9H6Cl2N2O2/c10-5-1-4(2-7(14)15)8-6(3-5)12-9(11)13-8/h1,3H,2H2,(H,12,13)(H,14,15). The van der Waals surface area contributed by atoms with E-state index in [4.69, 9.17) is 28.3 Å². The maximum absolute atomic E-state index is 10.6. The second-order valence-corrected chi connectivity index (χ2v) is 3.85. The third-order valence-corrected chi connectivity index (χ3v) is 2.34. The van der Waals surface area contributed by atoms with Gasteiger partial charge in [0.25, 0.3) is 0 Å². The average Bonchev–Trinajstić information content (AvgIpc) is 2.44. The molecule has 0 aliphatic heterocycles. The van der Waals surface area contributed by atoms with Crippen molar-refractivity contribution >= 4 is 40.2 Å². The van der Waals surface area contributed by atoms with Gasteiger partial charge in [-0.25, -0.2) is 4.98 Å². The number of nitrogens with zero attached hydrogens (tertiary/aromatic N) is 1. The van der Waals surface area contributed by atoms with E-state index < -0.39 is 5.97 Å². The molecular weight excluding hydrogens is 239 g/mol. The number of carbonyl (C=O) groups is 1. The molecular formula is C9H6Cl2N2O2. The molecule has 2 N–H and O–H groups in total. The van der Waals surface area contributed by atoms with E-state index in [-0.39, 0.29) is 11.7 Å². The number of H-pyrrole nitrogens is 1. The van der Waals surface area contributed by atoms with Crippen LogP contribution in [0, 0.1) is 0 Å². The van der Waals surface area contributed by atoms with Gasteiger partial charge in [0.2, 0.25) is 5.28 Å². The van der Waals surface area contributed by atoms with Gasteiger partial charge >= 0.3 is 5.97 Å². The van der Waals surface area contributed by atoms with Crippen LogP contribution in [0.25, 0.3) is 11.0 Å². The molecule has 0 aliphatic rings. The van der Waals surface area contributed by atoms with Crippen LogP contribution in [0.2, 0.25) is 10.3 Å². The minimum absolute atomic E-state index is 0.127. The van der Waals surface area contributed by atoms with Crippen molar-refractivity contribution in [2.24, 2.45) is 0 Å². The summed E-state index contributed by atoms with van der Waals surface area (Å²) >= 11 is 11.5. The number of aromatic nitrogens is 2. The number of aliphatic carboxylic acids is 1. The Kier molecular flexibility index (Phi) is 2.54. The largest absolute Gasteiger partial charge is 0.481 e. The molecule has 78 valence electrons. The zero-order chi connectivity index (χ0) is 11.0. The first kappa shape index (κ1) is 10.3. The predicted molar refractivity (Wildman–Crippen MR) is 57.5 cm³/mol. The Labute approximate surface area is 94.8 Å². The molecule has 0 fully saturated rings. The lowest BCUT2D eigenvalue weighted by atomic mass is 10.1. The van der Waals surface area contributed by atoms with Crippen molar-refractivity contribution in [1.29, 1.82) is 0 Å². The van der Waals surface area contributed by atoms with Gasteiger partial charge in [-0.05, 0) is 29.3 Å². The summed E-state index contributed by atoms with van der Waals surface area (Å²) in [6.45, 7) is 0. The van der Waals surface area contributed by atoms with Crippen LogP contribution in [0.15, 0.2) is 12.1 Å². The molecule has 0 unspecified atom stereocenters. The lowest BCUT2D eigenvalue weighted by molar-refractivity contribution is -0.136. The van der Waals surface area contributed by atoms with Gasteiger partial charge in [-0.1, -0.05) is 11.6 Å². The van der Waals surface area contributed by atoms with Crippen LogP contribution in [0.3, 0.4) is 0 Å². The highest BCUT2D eigenvalue weighted by Gasteiger charge is 2.10. The SMILES string of the molecule is O=C(O)Cc1cc(Cl)cc2[nH]c(Cl)nc12. The second kappa shape index (κ2) is 3.72. The summed E-state index contributed by atoms with van der Waals surface area (Å²) in [7, 11) is 0. The Morgan fingerprint density at radius 1 is 1.47 bits per heavy atom. The summed E-state index contributed by atoms with van der Waals surface area (Å²) < 4.78 is 0. The Bertz CT molecular complexity index is 536. The van der Waals surface area contributed by atoms with E-state index in [0.29, 0.717) is 21.6 Å². The summed E-state index contributed by atoms with van der Waals surface area (Å²) in [6.07, 6.45) is -0.127. The fourth-order valence-corrected chi connectivity index (χ4v) is 1.85. The molecule has 6 heteroatoms. The molecule has 0 radical (unpaired) electrons. The minimum Gasteiger partial charge on any atom is -0.481 e. The molecule has 0 atom stereocenters. The zero-order valence-electron chi connectivity index (χ0n) is 7.42. The number of hydrogen-bond acceptors (Lipinski definition) is 2. The van der Waals surface area contributed by atoms with Crippen LogP contribution in [-0.2, 0) is 11.2 Å². The highest BCUT2D eigenvalue weighted by atomic mass is 35.5. The van der Waals surface area contributed by atoms with Crippen LogP contribution in [0.4, 0.5) is 0 Å². The predicted octanol–water partition coefficient (Wildman–Crippen LogP) is 2.50. The van der Waals surface area contributed by atoms with E-state index >= 15 is 0 Å². The van der Waals surface area contributed by atoms with Crippen LogP contribution in [0.5, 0.6) is 0 Å². The Morgan fingerprint density at radius 3 is 2.87 bits per heavy atom. The topological polar surface area (TPSA) is 66.0 Å².